The number of hydrogen-bond acceptors (Lipinski definition) is 8. The number of benzene rings is 4. The molecule has 328 valence electrons. The maximum Gasteiger partial charge on any atom is 0.294 e. The number of fused-ring (bicyclic) bond motifs is 6. The minimum atomic E-state index is -4.47. The highest BCUT2D eigenvalue weighted by Gasteiger charge is 2.46. The predicted molar refractivity (Wildman–Crippen MR) is 244 cm³/mol. The standard InChI is InChI=1S/C48H55N3O9S2/c1-8-50-40-20-18-36-31(2)27-34(61(55,56)57)29-38(36)45(40)47(4,5)42(50)15-11-9-12-16-43-48(6,7)46-39-30-35(62(58,59)60)28-32(3)37(39)19-21-41(46)51(43)24-14-10-13-17-44(54)49-33(22-25-52)23-26-53/h9,11-12,15-16,18-21,25-30,33H,8,10,13-14,17,22-24H2,1-7H3,(H2-,49,54,55,56,57,58,59,60)/p+1. The van der Waals surface area contributed by atoms with Crippen LogP contribution >= 0.6 is 0 Å². The molecule has 0 atom stereocenters. The minimum Gasteiger partial charge on any atom is -0.353 e. The van der Waals surface area contributed by atoms with Gasteiger partial charge in [0, 0.05) is 72.8 Å². The van der Waals surface area contributed by atoms with E-state index in [9.17, 15) is 40.3 Å². The Morgan fingerprint density at radius 2 is 1.34 bits per heavy atom. The Balaban J connectivity index is 1.33. The average molecular weight is 883 g/mol. The van der Waals surface area contributed by atoms with Gasteiger partial charge in [0.25, 0.3) is 20.2 Å². The van der Waals surface area contributed by atoms with Crippen molar-refractivity contribution < 1.29 is 44.9 Å². The van der Waals surface area contributed by atoms with E-state index in [1.54, 1.807) is 12.1 Å². The molecule has 3 N–H and O–H groups in total. The van der Waals surface area contributed by atoms with Crippen LogP contribution in [0.4, 0.5) is 11.4 Å². The van der Waals surface area contributed by atoms with E-state index < -0.39 is 37.1 Å². The molecule has 4 aromatic rings. The molecule has 1 amide bonds. The van der Waals surface area contributed by atoms with E-state index in [0.29, 0.717) is 32.1 Å². The van der Waals surface area contributed by atoms with Crippen LogP contribution in [0.25, 0.3) is 21.5 Å². The van der Waals surface area contributed by atoms with Gasteiger partial charge in [-0.15, -0.1) is 0 Å². The first-order chi connectivity index (χ1) is 29.2. The van der Waals surface area contributed by atoms with Crippen molar-refractivity contribution in [3.05, 3.63) is 107 Å². The van der Waals surface area contributed by atoms with Gasteiger partial charge in [0.05, 0.1) is 15.2 Å². The number of amides is 1. The van der Waals surface area contributed by atoms with Gasteiger partial charge in [-0.1, -0.05) is 38.1 Å². The van der Waals surface area contributed by atoms with Gasteiger partial charge in [0.2, 0.25) is 11.6 Å². The number of nitrogens with zero attached hydrogens (tertiary/aromatic N) is 2. The molecule has 4 aromatic carbocycles. The number of aryl methyl sites for hydroxylation is 2. The van der Waals surface area contributed by atoms with E-state index in [4.69, 9.17) is 0 Å². The Bertz CT molecular complexity index is 2820. The maximum absolute atomic E-state index is 12.6. The van der Waals surface area contributed by atoms with Crippen LogP contribution in [-0.4, -0.2) is 73.8 Å². The molecule has 0 aromatic heterocycles. The van der Waals surface area contributed by atoms with Gasteiger partial charge >= 0.3 is 0 Å². The zero-order chi connectivity index (χ0) is 45.4. The summed E-state index contributed by atoms with van der Waals surface area (Å²) in [6.45, 7) is 15.4. The van der Waals surface area contributed by atoms with Gasteiger partial charge < -0.3 is 19.8 Å². The van der Waals surface area contributed by atoms with Crippen molar-refractivity contribution in [1.29, 1.82) is 0 Å². The molecule has 0 saturated heterocycles. The summed E-state index contributed by atoms with van der Waals surface area (Å²) in [5.41, 5.74) is 6.20. The molecular weight excluding hydrogens is 827 g/mol. The molecule has 0 fully saturated rings. The smallest absolute Gasteiger partial charge is 0.294 e. The van der Waals surface area contributed by atoms with Crippen molar-refractivity contribution in [2.75, 3.05) is 18.0 Å². The second-order valence-corrected chi connectivity index (χ2v) is 20.1. The van der Waals surface area contributed by atoms with Crippen molar-refractivity contribution in [3.8, 4) is 0 Å². The van der Waals surface area contributed by atoms with Crippen LogP contribution in [0.2, 0.25) is 0 Å². The van der Waals surface area contributed by atoms with Gasteiger partial charge in [-0.2, -0.15) is 21.4 Å². The molecule has 2 aliphatic rings. The van der Waals surface area contributed by atoms with Crippen LogP contribution < -0.4 is 10.2 Å². The number of hydrogen-bond donors (Lipinski definition) is 3. The fraction of sp³-hybridized carbons (Fsp3) is 0.375. The lowest BCUT2D eigenvalue weighted by atomic mass is 9.78. The number of anilines is 1. The van der Waals surface area contributed by atoms with Gasteiger partial charge in [0.1, 0.15) is 19.1 Å². The first-order valence-corrected chi connectivity index (χ1v) is 23.8. The zero-order valence-electron chi connectivity index (χ0n) is 36.4. The third-order valence-corrected chi connectivity index (χ3v) is 14.0. The quantitative estimate of drug-likeness (QED) is 0.0306. The summed E-state index contributed by atoms with van der Waals surface area (Å²) in [5, 5.41) is 6.08. The topological polar surface area (TPSA) is 178 Å². The van der Waals surface area contributed by atoms with Gasteiger partial charge in [-0.3, -0.25) is 13.9 Å². The second kappa shape index (κ2) is 17.8. The Labute approximate surface area is 364 Å². The Morgan fingerprint density at radius 3 is 1.90 bits per heavy atom. The molecule has 0 bridgehead atoms. The number of likely N-dealkylation sites (N-methyl/N-ethyl adjacent to an activating group) is 1. The van der Waals surface area contributed by atoms with Crippen LogP contribution in [0.3, 0.4) is 0 Å². The Morgan fingerprint density at radius 1 is 0.758 bits per heavy atom. The number of rotatable bonds is 17. The zero-order valence-corrected chi connectivity index (χ0v) is 38.0. The summed E-state index contributed by atoms with van der Waals surface area (Å²) in [4.78, 5) is 36.5. The van der Waals surface area contributed by atoms with Crippen molar-refractivity contribution in [2.24, 2.45) is 0 Å². The van der Waals surface area contributed by atoms with Crippen LogP contribution in [0.1, 0.15) is 95.4 Å². The maximum atomic E-state index is 12.6. The summed E-state index contributed by atoms with van der Waals surface area (Å²) in [5.74, 6) is -0.207. The van der Waals surface area contributed by atoms with Crippen LogP contribution in [0, 0.1) is 13.8 Å². The number of unbranched alkanes of at least 4 members (excludes halogenated alkanes) is 2. The lowest BCUT2D eigenvalue weighted by Gasteiger charge is -2.26. The van der Waals surface area contributed by atoms with Crippen LogP contribution in [0.15, 0.2) is 94.4 Å². The normalized spacial score (nSPS) is 16.7. The molecule has 2 heterocycles. The average Bonchev–Trinajstić information content (AvgIpc) is 3.55. The van der Waals surface area contributed by atoms with Gasteiger partial charge in [-0.05, 0) is 128 Å². The van der Waals surface area contributed by atoms with Gasteiger partial charge in [-0.25, -0.2) is 0 Å². The third-order valence-electron chi connectivity index (χ3n) is 12.3. The molecule has 0 aliphatic carbocycles. The molecular formula is C48H56N3O9S2+. The van der Waals surface area contributed by atoms with Crippen LogP contribution in [0.5, 0.6) is 0 Å². The van der Waals surface area contributed by atoms with E-state index in [2.05, 4.69) is 73.7 Å². The van der Waals surface area contributed by atoms with Crippen LogP contribution in [-0.2, 0) is 45.4 Å². The highest BCUT2D eigenvalue weighted by molar-refractivity contribution is 7.86. The lowest BCUT2D eigenvalue weighted by molar-refractivity contribution is -0.438. The fourth-order valence-electron chi connectivity index (χ4n) is 9.42. The number of allylic oxidation sites excluding steroid dienone is 6. The number of carbonyl (C=O) groups excluding carboxylic acids is 3. The molecule has 2 aliphatic heterocycles. The molecule has 62 heavy (non-hydrogen) atoms. The van der Waals surface area contributed by atoms with E-state index in [1.807, 2.05) is 44.2 Å². The minimum absolute atomic E-state index is 0.0800. The van der Waals surface area contributed by atoms with Crippen molar-refractivity contribution in [3.63, 3.8) is 0 Å². The Kier molecular flexibility index (Phi) is 13.3. The number of carbonyl (C=O) groups is 3. The summed E-state index contributed by atoms with van der Waals surface area (Å²) in [6, 6.07) is 13.7. The fourth-order valence-corrected chi connectivity index (χ4v) is 10.6. The first-order valence-electron chi connectivity index (χ1n) is 20.9. The molecule has 0 spiro atoms. The lowest BCUT2D eigenvalue weighted by Crippen LogP contribution is -2.35. The molecule has 12 nitrogen and oxygen atoms in total. The molecule has 0 unspecified atom stereocenters. The van der Waals surface area contributed by atoms with E-state index in [1.165, 1.54) is 12.1 Å². The molecule has 6 rings (SSSR count). The summed E-state index contributed by atoms with van der Waals surface area (Å²) >= 11 is 0. The summed E-state index contributed by atoms with van der Waals surface area (Å²) < 4.78 is 71.5. The largest absolute Gasteiger partial charge is 0.353 e. The van der Waals surface area contributed by atoms with E-state index >= 15 is 0 Å². The summed E-state index contributed by atoms with van der Waals surface area (Å²) in [7, 11) is -8.89. The van der Waals surface area contributed by atoms with E-state index in [0.717, 1.165) is 79.4 Å². The van der Waals surface area contributed by atoms with E-state index in [-0.39, 0.29) is 35.0 Å². The predicted octanol–water partition coefficient (Wildman–Crippen LogP) is 8.52. The molecule has 0 saturated carbocycles. The highest BCUT2D eigenvalue weighted by atomic mass is 32.2. The van der Waals surface area contributed by atoms with Gasteiger partial charge in [0.15, 0.2) is 5.71 Å². The first kappa shape index (κ1) is 46.2. The molecule has 0 radical (unpaired) electrons. The highest BCUT2D eigenvalue weighted by Crippen LogP contribution is 2.51. The van der Waals surface area contributed by atoms with Crippen molar-refractivity contribution in [1.82, 2.24) is 5.32 Å². The number of aldehydes is 2. The van der Waals surface area contributed by atoms with Crippen molar-refractivity contribution >= 4 is 77.3 Å². The second-order valence-electron chi connectivity index (χ2n) is 17.2. The SMILES string of the molecule is CCN1/C(=C/C=C/C=C/C2=[N+](CCCCCC(=O)NC(CC=O)CC=O)c3ccc4c(C)cc(S(=O)(=O)O)cc4c3C2(C)C)C(C)(C)c2c1ccc1c(C)cc(S(=O)(=O)O)cc21. The number of nitrogens with one attached hydrogen (secondary N) is 1. The molecule has 14 heteroatoms. The third kappa shape index (κ3) is 8.96. The Hall–Kier alpha value is -5.28. The monoisotopic (exact) mass is 882 g/mol. The summed E-state index contributed by atoms with van der Waals surface area (Å²) in [6.07, 6.45) is 13.9. The van der Waals surface area contributed by atoms with Crippen molar-refractivity contribution in [2.45, 2.75) is 114 Å².